The number of carbonyl (C=O) groups is 1. The lowest BCUT2D eigenvalue weighted by Crippen LogP contribution is -2.42. The Morgan fingerprint density at radius 1 is 1.10 bits per heavy atom. The van der Waals surface area contributed by atoms with E-state index in [1.165, 1.54) is 4.68 Å². The lowest BCUT2D eigenvalue weighted by Gasteiger charge is -2.31. The van der Waals surface area contributed by atoms with Crippen molar-refractivity contribution in [2.45, 2.75) is 51.0 Å². The summed E-state index contributed by atoms with van der Waals surface area (Å²) in [4.78, 5) is 27.0. The Bertz CT molecular complexity index is 1110. The van der Waals surface area contributed by atoms with E-state index in [0.717, 1.165) is 61.3 Å². The second-order valence-electron chi connectivity index (χ2n) is 7.96. The molecule has 0 unspecified atom stereocenters. The molecule has 0 radical (unpaired) electrons. The Morgan fingerprint density at radius 3 is 2.79 bits per heavy atom. The molecule has 3 aromatic heterocycles. The van der Waals surface area contributed by atoms with Gasteiger partial charge in [0, 0.05) is 31.3 Å². The Morgan fingerprint density at radius 2 is 1.93 bits per heavy atom. The van der Waals surface area contributed by atoms with Crippen molar-refractivity contribution in [2.24, 2.45) is 0 Å². The van der Waals surface area contributed by atoms with Gasteiger partial charge in [-0.3, -0.25) is 14.0 Å². The van der Waals surface area contributed by atoms with Gasteiger partial charge in [-0.15, -0.1) is 10.2 Å². The molecule has 8 nitrogen and oxygen atoms in total. The van der Waals surface area contributed by atoms with E-state index < -0.39 is 0 Å². The minimum absolute atomic E-state index is 0.0185. The van der Waals surface area contributed by atoms with Gasteiger partial charge in [0.15, 0.2) is 5.65 Å². The molecule has 29 heavy (non-hydrogen) atoms. The van der Waals surface area contributed by atoms with Crippen LogP contribution in [0, 0.1) is 0 Å². The molecule has 1 fully saturated rings. The summed E-state index contributed by atoms with van der Waals surface area (Å²) in [7, 11) is 0. The molecule has 2 aliphatic rings. The molecule has 1 saturated heterocycles. The van der Waals surface area contributed by atoms with Crippen LogP contribution in [0.4, 0.5) is 0 Å². The minimum atomic E-state index is -0.177. The fourth-order valence-corrected chi connectivity index (χ4v) is 4.47. The normalized spacial score (nSPS) is 17.4. The monoisotopic (exact) mass is 392 g/mol. The predicted octanol–water partition coefficient (Wildman–Crippen LogP) is 1.57. The number of hydrogen-bond donors (Lipinski definition) is 0. The number of nitrogens with zero attached hydrogens (tertiary/aromatic N) is 6. The summed E-state index contributed by atoms with van der Waals surface area (Å²) in [6, 6.07) is 7.53. The molecular weight excluding hydrogens is 368 g/mol. The van der Waals surface area contributed by atoms with Crippen LogP contribution in [-0.4, -0.2) is 48.3 Å². The number of hydrogen-bond acceptors (Lipinski definition) is 5. The number of aryl methyl sites for hydroxylation is 2. The topological polar surface area (TPSA) is 85.4 Å². The highest BCUT2D eigenvalue weighted by molar-refractivity contribution is 5.76. The number of carbonyl (C=O) groups excluding carboxylic acids is 1. The molecular formula is C21H24N6O2. The lowest BCUT2D eigenvalue weighted by molar-refractivity contribution is -0.133. The van der Waals surface area contributed by atoms with Gasteiger partial charge in [0.25, 0.3) is 5.56 Å². The summed E-state index contributed by atoms with van der Waals surface area (Å²) >= 11 is 0. The molecule has 1 amide bonds. The summed E-state index contributed by atoms with van der Waals surface area (Å²) in [6.07, 6.45) is 7.67. The van der Waals surface area contributed by atoms with Crippen molar-refractivity contribution < 1.29 is 4.79 Å². The summed E-state index contributed by atoms with van der Waals surface area (Å²) in [6.45, 7) is 1.33. The SMILES string of the molecule is O=C(Cn1nc2c(cc1=O)CCCC2)N1CCC(c2nnc3ccccn23)CC1. The average molecular weight is 392 g/mol. The summed E-state index contributed by atoms with van der Waals surface area (Å²) in [5.41, 5.74) is 2.69. The smallest absolute Gasteiger partial charge is 0.267 e. The van der Waals surface area contributed by atoms with Crippen LogP contribution in [0.5, 0.6) is 0 Å². The standard InChI is InChI=1S/C21H24N6O2/c28-19-13-16-5-1-2-6-17(16)24-27(19)14-20(29)25-11-8-15(9-12-25)21-23-22-18-7-3-4-10-26(18)21/h3-4,7,10,13,15H,1-2,5-6,8-9,11-12,14H2. The molecule has 5 rings (SSSR count). The van der Waals surface area contributed by atoms with Crippen molar-refractivity contribution in [1.82, 2.24) is 29.3 Å². The first kappa shape index (κ1) is 18.0. The summed E-state index contributed by atoms with van der Waals surface area (Å²) in [5.74, 6) is 1.20. The maximum atomic E-state index is 12.8. The molecule has 8 heteroatoms. The van der Waals surface area contributed by atoms with Gasteiger partial charge in [0.2, 0.25) is 5.91 Å². The van der Waals surface area contributed by atoms with Crippen LogP contribution in [0.15, 0.2) is 35.3 Å². The zero-order valence-corrected chi connectivity index (χ0v) is 16.3. The van der Waals surface area contributed by atoms with E-state index in [0.29, 0.717) is 13.1 Å². The molecule has 0 saturated carbocycles. The van der Waals surface area contributed by atoms with Crippen LogP contribution in [-0.2, 0) is 24.2 Å². The van der Waals surface area contributed by atoms with Crippen molar-refractivity contribution in [2.75, 3.05) is 13.1 Å². The van der Waals surface area contributed by atoms with Gasteiger partial charge in [-0.05, 0) is 56.2 Å². The number of likely N-dealkylation sites (tertiary alicyclic amines) is 1. The fourth-order valence-electron chi connectivity index (χ4n) is 4.47. The fraction of sp³-hybridized carbons (Fsp3) is 0.476. The predicted molar refractivity (Wildman–Crippen MR) is 107 cm³/mol. The first-order valence-electron chi connectivity index (χ1n) is 10.4. The van der Waals surface area contributed by atoms with Gasteiger partial charge in [0.1, 0.15) is 12.4 Å². The molecule has 0 atom stereocenters. The van der Waals surface area contributed by atoms with E-state index in [1.807, 2.05) is 33.7 Å². The van der Waals surface area contributed by atoms with E-state index in [2.05, 4.69) is 15.3 Å². The van der Waals surface area contributed by atoms with E-state index in [9.17, 15) is 9.59 Å². The molecule has 1 aliphatic heterocycles. The molecule has 0 aromatic carbocycles. The van der Waals surface area contributed by atoms with E-state index >= 15 is 0 Å². The average Bonchev–Trinajstić information content (AvgIpc) is 3.18. The molecule has 3 aromatic rings. The van der Waals surface area contributed by atoms with Crippen molar-refractivity contribution in [3.05, 3.63) is 57.9 Å². The largest absolute Gasteiger partial charge is 0.341 e. The Labute approximate surface area is 168 Å². The van der Waals surface area contributed by atoms with Crippen molar-refractivity contribution >= 4 is 11.6 Å². The summed E-state index contributed by atoms with van der Waals surface area (Å²) < 4.78 is 3.36. The van der Waals surface area contributed by atoms with Gasteiger partial charge in [-0.2, -0.15) is 5.10 Å². The number of pyridine rings is 1. The van der Waals surface area contributed by atoms with Crippen LogP contribution in [0.3, 0.4) is 0 Å². The number of aromatic nitrogens is 5. The van der Waals surface area contributed by atoms with E-state index in [4.69, 9.17) is 0 Å². The lowest BCUT2D eigenvalue weighted by atomic mass is 9.96. The molecule has 0 bridgehead atoms. The Kier molecular flexibility index (Phi) is 4.61. The van der Waals surface area contributed by atoms with Crippen LogP contribution in [0.25, 0.3) is 5.65 Å². The van der Waals surface area contributed by atoms with Gasteiger partial charge in [-0.25, -0.2) is 4.68 Å². The highest BCUT2D eigenvalue weighted by Crippen LogP contribution is 2.27. The van der Waals surface area contributed by atoms with Gasteiger partial charge < -0.3 is 4.90 Å². The number of fused-ring (bicyclic) bond motifs is 2. The third-order valence-corrected chi connectivity index (χ3v) is 6.11. The van der Waals surface area contributed by atoms with Crippen molar-refractivity contribution in [1.29, 1.82) is 0 Å². The second kappa shape index (κ2) is 7.42. The van der Waals surface area contributed by atoms with E-state index in [1.54, 1.807) is 6.07 Å². The number of piperidine rings is 1. The first-order valence-corrected chi connectivity index (χ1v) is 10.4. The highest BCUT2D eigenvalue weighted by atomic mass is 16.2. The molecule has 4 heterocycles. The molecule has 0 N–H and O–H groups in total. The van der Waals surface area contributed by atoms with Crippen LogP contribution < -0.4 is 5.56 Å². The zero-order valence-electron chi connectivity index (χ0n) is 16.3. The van der Waals surface area contributed by atoms with Gasteiger partial charge in [0.05, 0.1) is 5.69 Å². The molecule has 1 aliphatic carbocycles. The first-order chi connectivity index (χ1) is 14.2. The number of amides is 1. The highest BCUT2D eigenvalue weighted by Gasteiger charge is 2.27. The van der Waals surface area contributed by atoms with Crippen molar-refractivity contribution in [3.63, 3.8) is 0 Å². The van der Waals surface area contributed by atoms with Gasteiger partial charge >= 0.3 is 0 Å². The molecule has 0 spiro atoms. The quantitative estimate of drug-likeness (QED) is 0.675. The maximum Gasteiger partial charge on any atom is 0.267 e. The van der Waals surface area contributed by atoms with Crippen molar-refractivity contribution in [3.8, 4) is 0 Å². The summed E-state index contributed by atoms with van der Waals surface area (Å²) in [5, 5.41) is 13.1. The number of rotatable bonds is 3. The van der Waals surface area contributed by atoms with Gasteiger partial charge in [-0.1, -0.05) is 6.07 Å². The molecule has 150 valence electrons. The maximum absolute atomic E-state index is 12.8. The van der Waals surface area contributed by atoms with E-state index in [-0.39, 0.29) is 23.9 Å². The minimum Gasteiger partial charge on any atom is -0.341 e. The zero-order chi connectivity index (χ0) is 19.8. The van der Waals surface area contributed by atoms with Crippen LogP contribution >= 0.6 is 0 Å². The Balaban J connectivity index is 1.25. The van der Waals surface area contributed by atoms with Crippen LogP contribution in [0.1, 0.15) is 48.7 Å². The second-order valence-corrected chi connectivity index (χ2v) is 7.96. The Hall–Kier alpha value is -3.03. The third-order valence-electron chi connectivity index (χ3n) is 6.11. The van der Waals surface area contributed by atoms with Crippen LogP contribution in [0.2, 0.25) is 0 Å². The third kappa shape index (κ3) is 3.43.